The Morgan fingerprint density at radius 1 is 1.19 bits per heavy atom. The van der Waals surface area contributed by atoms with Crippen LogP contribution >= 0.6 is 0 Å². The van der Waals surface area contributed by atoms with Crippen molar-refractivity contribution in [3.63, 3.8) is 0 Å². The summed E-state index contributed by atoms with van der Waals surface area (Å²) < 4.78 is 32.7. The first kappa shape index (κ1) is 19.1. The standard InChI is InChI=1S/C18H28N4O3S/c1-2-19-18(21-13-16-4-3-11-25-16)20-12-14-5-9-17(10-6-14)26(23,24)22-15-7-8-15/h5-6,9-10,15-16,22H,2-4,7-8,11-13H2,1H3,(H2,19,20,21). The molecule has 144 valence electrons. The summed E-state index contributed by atoms with van der Waals surface area (Å²) in [4.78, 5) is 4.87. The van der Waals surface area contributed by atoms with Crippen LogP contribution in [0.25, 0.3) is 0 Å². The molecule has 2 fully saturated rings. The maximum atomic E-state index is 12.2. The second kappa shape index (κ2) is 8.83. The van der Waals surface area contributed by atoms with E-state index >= 15 is 0 Å². The van der Waals surface area contributed by atoms with Gasteiger partial charge in [0.2, 0.25) is 10.0 Å². The van der Waals surface area contributed by atoms with Crippen LogP contribution in [0.15, 0.2) is 34.2 Å². The van der Waals surface area contributed by atoms with Crippen molar-refractivity contribution < 1.29 is 13.2 Å². The summed E-state index contributed by atoms with van der Waals surface area (Å²) in [5.41, 5.74) is 0.963. The van der Waals surface area contributed by atoms with E-state index in [0.717, 1.165) is 56.9 Å². The van der Waals surface area contributed by atoms with E-state index in [1.807, 2.05) is 19.1 Å². The highest BCUT2D eigenvalue weighted by molar-refractivity contribution is 7.89. The van der Waals surface area contributed by atoms with Crippen LogP contribution < -0.4 is 15.4 Å². The lowest BCUT2D eigenvalue weighted by molar-refractivity contribution is 0.114. The Morgan fingerprint density at radius 2 is 1.96 bits per heavy atom. The number of hydrogen-bond acceptors (Lipinski definition) is 4. The molecule has 0 aromatic heterocycles. The van der Waals surface area contributed by atoms with Gasteiger partial charge < -0.3 is 15.4 Å². The number of hydrogen-bond donors (Lipinski definition) is 3. The van der Waals surface area contributed by atoms with Crippen LogP contribution in [-0.4, -0.2) is 46.2 Å². The maximum absolute atomic E-state index is 12.2. The third-order valence-electron chi connectivity index (χ3n) is 4.42. The molecule has 1 saturated carbocycles. The third-order valence-corrected chi connectivity index (χ3v) is 5.95. The Bertz CT molecular complexity index is 708. The zero-order valence-corrected chi connectivity index (χ0v) is 16.0. The van der Waals surface area contributed by atoms with Crippen molar-refractivity contribution in [2.24, 2.45) is 4.99 Å². The summed E-state index contributed by atoms with van der Waals surface area (Å²) in [6.45, 7) is 4.87. The van der Waals surface area contributed by atoms with Crippen LogP contribution in [0, 0.1) is 0 Å². The van der Waals surface area contributed by atoms with Crippen molar-refractivity contribution in [1.29, 1.82) is 0 Å². The molecular formula is C18H28N4O3S. The molecule has 1 aliphatic carbocycles. The van der Waals surface area contributed by atoms with Gasteiger partial charge in [-0.05, 0) is 50.3 Å². The molecule has 3 rings (SSSR count). The molecule has 26 heavy (non-hydrogen) atoms. The van der Waals surface area contributed by atoms with Crippen LogP contribution in [-0.2, 0) is 21.3 Å². The van der Waals surface area contributed by atoms with Gasteiger partial charge in [-0.3, -0.25) is 0 Å². The number of rotatable bonds is 8. The lowest BCUT2D eigenvalue weighted by Gasteiger charge is -2.14. The first-order chi connectivity index (χ1) is 12.6. The molecule has 1 aromatic rings. The van der Waals surface area contributed by atoms with E-state index in [1.54, 1.807) is 12.1 Å². The zero-order valence-electron chi connectivity index (χ0n) is 15.2. The van der Waals surface area contributed by atoms with Crippen molar-refractivity contribution in [1.82, 2.24) is 15.4 Å². The van der Waals surface area contributed by atoms with E-state index in [1.165, 1.54) is 0 Å². The summed E-state index contributed by atoms with van der Waals surface area (Å²) in [6, 6.07) is 7.02. The highest BCUT2D eigenvalue weighted by atomic mass is 32.2. The number of guanidine groups is 1. The monoisotopic (exact) mass is 380 g/mol. The smallest absolute Gasteiger partial charge is 0.240 e. The molecular weight excluding hydrogens is 352 g/mol. The highest BCUT2D eigenvalue weighted by Gasteiger charge is 2.27. The predicted octanol–water partition coefficient (Wildman–Crippen LogP) is 1.36. The number of aliphatic imine (C=N–C) groups is 1. The van der Waals surface area contributed by atoms with Gasteiger partial charge in [0.15, 0.2) is 5.96 Å². The quantitative estimate of drug-likeness (QED) is 0.468. The molecule has 1 heterocycles. The van der Waals surface area contributed by atoms with E-state index in [2.05, 4.69) is 20.3 Å². The minimum absolute atomic E-state index is 0.113. The minimum atomic E-state index is -3.40. The first-order valence-electron chi connectivity index (χ1n) is 9.32. The molecule has 1 saturated heterocycles. The highest BCUT2D eigenvalue weighted by Crippen LogP contribution is 2.22. The Balaban J connectivity index is 1.56. The average molecular weight is 381 g/mol. The van der Waals surface area contributed by atoms with Crippen molar-refractivity contribution >= 4 is 16.0 Å². The van der Waals surface area contributed by atoms with Gasteiger partial charge >= 0.3 is 0 Å². The average Bonchev–Trinajstić information content (AvgIpc) is 3.27. The van der Waals surface area contributed by atoms with Gasteiger partial charge in [-0.15, -0.1) is 0 Å². The molecule has 0 bridgehead atoms. The molecule has 2 aliphatic rings. The summed E-state index contributed by atoms with van der Waals surface area (Å²) in [6.07, 6.45) is 4.31. The van der Waals surface area contributed by atoms with Crippen LogP contribution in [0.4, 0.5) is 0 Å². The van der Waals surface area contributed by atoms with Crippen LogP contribution in [0.3, 0.4) is 0 Å². The predicted molar refractivity (Wildman–Crippen MR) is 102 cm³/mol. The molecule has 0 amide bonds. The second-order valence-electron chi connectivity index (χ2n) is 6.75. The maximum Gasteiger partial charge on any atom is 0.240 e. The Kier molecular flexibility index (Phi) is 6.50. The molecule has 1 atom stereocenters. The minimum Gasteiger partial charge on any atom is -0.376 e. The Labute approximate surface area is 155 Å². The fourth-order valence-electron chi connectivity index (χ4n) is 2.79. The number of nitrogens with one attached hydrogen (secondary N) is 3. The summed E-state index contributed by atoms with van der Waals surface area (Å²) in [5.74, 6) is 0.745. The summed E-state index contributed by atoms with van der Waals surface area (Å²) >= 11 is 0. The molecule has 1 aliphatic heterocycles. The largest absolute Gasteiger partial charge is 0.376 e. The summed E-state index contributed by atoms with van der Waals surface area (Å²) in [5, 5.41) is 6.52. The molecule has 7 nitrogen and oxygen atoms in total. The van der Waals surface area contributed by atoms with Crippen LogP contribution in [0.2, 0.25) is 0 Å². The van der Waals surface area contributed by atoms with E-state index in [-0.39, 0.29) is 12.1 Å². The van der Waals surface area contributed by atoms with Crippen molar-refractivity contribution in [2.75, 3.05) is 19.7 Å². The van der Waals surface area contributed by atoms with E-state index in [4.69, 9.17) is 4.74 Å². The van der Waals surface area contributed by atoms with Gasteiger partial charge in [-0.1, -0.05) is 12.1 Å². The molecule has 0 radical (unpaired) electrons. The van der Waals surface area contributed by atoms with Gasteiger partial charge in [-0.2, -0.15) is 0 Å². The second-order valence-corrected chi connectivity index (χ2v) is 8.46. The fourth-order valence-corrected chi connectivity index (χ4v) is 4.10. The molecule has 0 spiro atoms. The van der Waals surface area contributed by atoms with Crippen molar-refractivity contribution in [2.45, 2.75) is 56.2 Å². The molecule has 8 heteroatoms. The Morgan fingerprint density at radius 3 is 2.58 bits per heavy atom. The first-order valence-corrected chi connectivity index (χ1v) is 10.8. The van der Waals surface area contributed by atoms with E-state index in [0.29, 0.717) is 11.4 Å². The van der Waals surface area contributed by atoms with E-state index in [9.17, 15) is 8.42 Å². The third kappa shape index (κ3) is 5.69. The van der Waals surface area contributed by atoms with Crippen LogP contribution in [0.1, 0.15) is 38.2 Å². The van der Waals surface area contributed by atoms with Crippen molar-refractivity contribution in [3.8, 4) is 0 Å². The zero-order chi connectivity index (χ0) is 18.4. The van der Waals surface area contributed by atoms with Gasteiger partial charge in [-0.25, -0.2) is 18.1 Å². The molecule has 1 unspecified atom stereocenters. The normalized spacial score (nSPS) is 21.0. The lowest BCUT2D eigenvalue weighted by Crippen LogP contribution is -2.41. The number of sulfonamides is 1. The van der Waals surface area contributed by atoms with Crippen molar-refractivity contribution in [3.05, 3.63) is 29.8 Å². The number of nitrogens with zero attached hydrogens (tertiary/aromatic N) is 1. The van der Waals surface area contributed by atoms with Gasteiger partial charge in [0.05, 0.1) is 17.5 Å². The Hall–Kier alpha value is -1.64. The molecule has 3 N–H and O–H groups in total. The number of benzene rings is 1. The molecule has 1 aromatic carbocycles. The lowest BCUT2D eigenvalue weighted by atomic mass is 10.2. The topological polar surface area (TPSA) is 91.8 Å². The summed E-state index contributed by atoms with van der Waals surface area (Å²) in [7, 11) is -3.40. The van der Waals surface area contributed by atoms with Gasteiger partial charge in [0.25, 0.3) is 0 Å². The van der Waals surface area contributed by atoms with E-state index < -0.39 is 10.0 Å². The fraction of sp³-hybridized carbons (Fsp3) is 0.611. The number of ether oxygens (including phenoxy) is 1. The van der Waals surface area contributed by atoms with Crippen LogP contribution in [0.5, 0.6) is 0 Å². The SMILES string of the molecule is CCNC(=NCc1ccc(S(=O)(=O)NC2CC2)cc1)NCC1CCCO1. The van der Waals surface area contributed by atoms with Gasteiger partial charge in [0, 0.05) is 25.7 Å². The van der Waals surface area contributed by atoms with Gasteiger partial charge in [0.1, 0.15) is 0 Å².